The summed E-state index contributed by atoms with van der Waals surface area (Å²) in [4.78, 5) is 21.3. The molecule has 1 aliphatic carbocycles. The normalized spacial score (nSPS) is 19.9. The highest BCUT2D eigenvalue weighted by atomic mass is 16.4. The van der Waals surface area contributed by atoms with Crippen LogP contribution in [0.3, 0.4) is 0 Å². The lowest BCUT2D eigenvalue weighted by molar-refractivity contribution is -0.133. The predicted molar refractivity (Wildman–Crippen MR) is 49.7 cm³/mol. The van der Waals surface area contributed by atoms with Gasteiger partial charge < -0.3 is 20.6 Å². The van der Waals surface area contributed by atoms with E-state index in [1.54, 1.807) is 0 Å². The lowest BCUT2D eigenvalue weighted by Crippen LogP contribution is -2.39. The van der Waals surface area contributed by atoms with Crippen molar-refractivity contribution in [2.45, 2.75) is 18.9 Å². The van der Waals surface area contributed by atoms with E-state index in [-0.39, 0.29) is 6.61 Å². The molecule has 1 fully saturated rings. The SMILES string of the molecule is O=C(O)/C=C/NC(=O)[C@H](O)C1(CO)CC1. The Hall–Kier alpha value is -1.40. The number of hydrogen-bond acceptors (Lipinski definition) is 4. The fraction of sp³-hybridized carbons (Fsp3) is 0.556. The van der Waals surface area contributed by atoms with E-state index in [4.69, 9.17) is 10.2 Å². The van der Waals surface area contributed by atoms with Crippen molar-refractivity contribution in [3.05, 3.63) is 12.3 Å². The summed E-state index contributed by atoms with van der Waals surface area (Å²) < 4.78 is 0. The third kappa shape index (κ3) is 2.77. The molecule has 6 nitrogen and oxygen atoms in total. The van der Waals surface area contributed by atoms with E-state index in [1.807, 2.05) is 0 Å². The van der Waals surface area contributed by atoms with E-state index in [0.717, 1.165) is 12.3 Å². The lowest BCUT2D eigenvalue weighted by atomic mass is 10.00. The molecule has 15 heavy (non-hydrogen) atoms. The van der Waals surface area contributed by atoms with Gasteiger partial charge in [0.1, 0.15) is 6.10 Å². The van der Waals surface area contributed by atoms with E-state index in [9.17, 15) is 14.7 Å². The topological polar surface area (TPSA) is 107 Å². The second kappa shape index (κ2) is 4.41. The van der Waals surface area contributed by atoms with Crippen molar-refractivity contribution in [3.63, 3.8) is 0 Å². The summed E-state index contributed by atoms with van der Waals surface area (Å²) in [5, 5.41) is 28.8. The molecule has 0 saturated heterocycles. The first kappa shape index (κ1) is 11.7. The number of carboxylic acids is 1. The largest absolute Gasteiger partial charge is 0.478 e. The minimum atomic E-state index is -1.29. The zero-order valence-electron chi connectivity index (χ0n) is 8.01. The second-order valence-electron chi connectivity index (χ2n) is 3.60. The average Bonchev–Trinajstić information content (AvgIpc) is 2.96. The Balaban J connectivity index is 2.44. The highest BCUT2D eigenvalue weighted by Crippen LogP contribution is 2.48. The van der Waals surface area contributed by atoms with E-state index >= 15 is 0 Å². The number of carboxylic acid groups (broad SMARTS) is 1. The van der Waals surface area contributed by atoms with Gasteiger partial charge in [-0.1, -0.05) is 0 Å². The fourth-order valence-corrected chi connectivity index (χ4v) is 1.23. The standard InChI is InChI=1S/C9H13NO5/c11-5-9(2-3-9)7(14)8(15)10-4-1-6(12)13/h1,4,7,11,14H,2-3,5H2,(H,10,15)(H,12,13)/b4-1+/t7-/m0/s1. The zero-order valence-corrected chi connectivity index (χ0v) is 8.01. The molecule has 0 aromatic rings. The summed E-state index contributed by atoms with van der Waals surface area (Å²) >= 11 is 0. The van der Waals surface area contributed by atoms with Gasteiger partial charge in [0, 0.05) is 17.7 Å². The molecular formula is C9H13NO5. The van der Waals surface area contributed by atoms with E-state index in [1.165, 1.54) is 0 Å². The van der Waals surface area contributed by atoms with Gasteiger partial charge in [0.25, 0.3) is 5.91 Å². The van der Waals surface area contributed by atoms with Crippen molar-refractivity contribution >= 4 is 11.9 Å². The molecule has 0 aromatic heterocycles. The molecule has 1 atom stereocenters. The van der Waals surface area contributed by atoms with Gasteiger partial charge in [0.05, 0.1) is 6.61 Å². The Morgan fingerprint density at radius 2 is 2.07 bits per heavy atom. The van der Waals surface area contributed by atoms with Crippen molar-refractivity contribution < 1.29 is 24.9 Å². The molecule has 0 spiro atoms. The molecule has 6 heteroatoms. The van der Waals surface area contributed by atoms with Crippen molar-refractivity contribution in [2.75, 3.05) is 6.61 Å². The number of aliphatic hydroxyl groups excluding tert-OH is 2. The number of carbonyl (C=O) groups excluding carboxylic acids is 1. The predicted octanol–water partition coefficient (Wildman–Crippen LogP) is -1.17. The van der Waals surface area contributed by atoms with Crippen LogP contribution in [-0.2, 0) is 9.59 Å². The van der Waals surface area contributed by atoms with E-state index < -0.39 is 23.4 Å². The van der Waals surface area contributed by atoms with Gasteiger partial charge in [-0.25, -0.2) is 4.79 Å². The monoisotopic (exact) mass is 215 g/mol. The number of carbonyl (C=O) groups is 2. The van der Waals surface area contributed by atoms with Crippen LogP contribution in [0.25, 0.3) is 0 Å². The van der Waals surface area contributed by atoms with Crippen LogP contribution in [0.4, 0.5) is 0 Å². The maximum Gasteiger partial charge on any atom is 0.329 e. The first-order chi connectivity index (χ1) is 7.02. The summed E-state index contributed by atoms with van der Waals surface area (Å²) in [6.07, 6.45) is 1.60. The maximum atomic E-state index is 11.3. The summed E-state index contributed by atoms with van der Waals surface area (Å²) in [5.41, 5.74) is -0.721. The molecule has 84 valence electrons. The number of aliphatic carboxylic acids is 1. The van der Waals surface area contributed by atoms with Crippen molar-refractivity contribution in [1.82, 2.24) is 5.32 Å². The molecule has 0 unspecified atom stereocenters. The zero-order chi connectivity index (χ0) is 11.5. The first-order valence-corrected chi connectivity index (χ1v) is 4.50. The Labute approximate surface area is 86.2 Å². The molecule has 4 N–H and O–H groups in total. The fourth-order valence-electron chi connectivity index (χ4n) is 1.23. The minimum Gasteiger partial charge on any atom is -0.478 e. The Kier molecular flexibility index (Phi) is 3.43. The summed E-state index contributed by atoms with van der Waals surface area (Å²) in [6.45, 7) is -0.246. The summed E-state index contributed by atoms with van der Waals surface area (Å²) in [6, 6.07) is 0. The van der Waals surface area contributed by atoms with E-state index in [2.05, 4.69) is 5.32 Å². The van der Waals surface area contributed by atoms with Gasteiger partial charge in [-0.15, -0.1) is 0 Å². The molecule has 0 heterocycles. The molecule has 0 radical (unpaired) electrons. The van der Waals surface area contributed by atoms with Crippen LogP contribution in [0, 0.1) is 5.41 Å². The van der Waals surface area contributed by atoms with Gasteiger partial charge in [0.15, 0.2) is 0 Å². The minimum absolute atomic E-state index is 0.246. The summed E-state index contributed by atoms with van der Waals surface area (Å²) in [5.74, 6) is -1.88. The van der Waals surface area contributed by atoms with Crippen LogP contribution >= 0.6 is 0 Å². The average molecular weight is 215 g/mol. The van der Waals surface area contributed by atoms with Crippen molar-refractivity contribution in [1.29, 1.82) is 0 Å². The molecule has 0 bridgehead atoms. The molecule has 1 saturated carbocycles. The van der Waals surface area contributed by atoms with Crippen LogP contribution in [0.1, 0.15) is 12.8 Å². The molecule has 0 aliphatic heterocycles. The highest BCUT2D eigenvalue weighted by molar-refractivity contribution is 5.85. The van der Waals surface area contributed by atoms with Gasteiger partial charge in [-0.3, -0.25) is 4.79 Å². The van der Waals surface area contributed by atoms with Crippen molar-refractivity contribution in [3.8, 4) is 0 Å². The maximum absolute atomic E-state index is 11.3. The Morgan fingerprint density at radius 1 is 1.47 bits per heavy atom. The third-order valence-electron chi connectivity index (χ3n) is 2.49. The molecular weight excluding hydrogens is 202 g/mol. The van der Waals surface area contributed by atoms with Crippen LogP contribution in [0.2, 0.25) is 0 Å². The number of aliphatic hydroxyl groups is 2. The second-order valence-corrected chi connectivity index (χ2v) is 3.60. The quantitative estimate of drug-likeness (QED) is 0.432. The number of nitrogens with one attached hydrogen (secondary N) is 1. The molecule has 0 aromatic carbocycles. The van der Waals surface area contributed by atoms with Gasteiger partial charge in [-0.2, -0.15) is 0 Å². The third-order valence-corrected chi connectivity index (χ3v) is 2.49. The van der Waals surface area contributed by atoms with Crippen molar-refractivity contribution in [2.24, 2.45) is 5.41 Å². The summed E-state index contributed by atoms with van der Waals surface area (Å²) in [7, 11) is 0. The van der Waals surface area contributed by atoms with Gasteiger partial charge in [0.2, 0.25) is 0 Å². The van der Waals surface area contributed by atoms with Crippen LogP contribution in [-0.4, -0.2) is 39.9 Å². The van der Waals surface area contributed by atoms with Crippen LogP contribution in [0.5, 0.6) is 0 Å². The van der Waals surface area contributed by atoms with Gasteiger partial charge >= 0.3 is 5.97 Å². The number of amides is 1. The van der Waals surface area contributed by atoms with Gasteiger partial charge in [-0.05, 0) is 12.8 Å². The molecule has 1 aliphatic rings. The molecule has 1 rings (SSSR count). The van der Waals surface area contributed by atoms with Crippen LogP contribution in [0.15, 0.2) is 12.3 Å². The lowest BCUT2D eigenvalue weighted by Gasteiger charge is -2.17. The number of rotatable bonds is 5. The smallest absolute Gasteiger partial charge is 0.329 e. The Morgan fingerprint density at radius 3 is 2.47 bits per heavy atom. The van der Waals surface area contributed by atoms with Crippen LogP contribution < -0.4 is 5.32 Å². The highest BCUT2D eigenvalue weighted by Gasteiger charge is 2.51. The first-order valence-electron chi connectivity index (χ1n) is 4.50. The molecule has 1 amide bonds. The number of hydrogen-bond donors (Lipinski definition) is 4. The Bertz CT molecular complexity index is 295. The van der Waals surface area contributed by atoms with E-state index in [0.29, 0.717) is 12.8 Å².